The largest absolute Gasteiger partial charge is 0.480 e. The Balaban J connectivity index is 1.57. The summed E-state index contributed by atoms with van der Waals surface area (Å²) in [5, 5.41) is 13.0. The number of aryl methyl sites for hydroxylation is 1. The van der Waals surface area contributed by atoms with Crippen molar-refractivity contribution in [2.75, 3.05) is 6.54 Å². The van der Waals surface area contributed by atoms with Crippen LogP contribution in [0.4, 0.5) is 0 Å². The minimum Gasteiger partial charge on any atom is -0.480 e. The molecule has 2 N–H and O–H groups in total. The van der Waals surface area contributed by atoms with E-state index in [-0.39, 0.29) is 12.5 Å². The Morgan fingerprint density at radius 1 is 1.27 bits per heavy atom. The number of rotatable bonds is 4. The maximum absolute atomic E-state index is 12.2. The summed E-state index contributed by atoms with van der Waals surface area (Å²) in [6, 6.07) is 15.3. The minimum absolute atomic E-state index is 0.180. The minimum atomic E-state index is -0.714. The summed E-state index contributed by atoms with van der Waals surface area (Å²) in [7, 11) is 0. The molecule has 0 saturated heterocycles. The summed E-state index contributed by atoms with van der Waals surface area (Å²) in [5.74, 6) is 0.575. The molecule has 0 bridgehead atoms. The van der Waals surface area contributed by atoms with E-state index in [0.29, 0.717) is 6.42 Å². The van der Waals surface area contributed by atoms with Gasteiger partial charge >= 0.3 is 0 Å². The average molecular weight is 297 g/mol. The van der Waals surface area contributed by atoms with Gasteiger partial charge in [0, 0.05) is 13.0 Å². The Labute approximate surface area is 129 Å². The van der Waals surface area contributed by atoms with E-state index in [1.54, 1.807) is 0 Å². The van der Waals surface area contributed by atoms with Gasteiger partial charge in [-0.1, -0.05) is 42.5 Å². The van der Waals surface area contributed by atoms with Crippen molar-refractivity contribution in [3.8, 4) is 5.75 Å². The third-order valence-electron chi connectivity index (χ3n) is 3.96. The first-order chi connectivity index (χ1) is 10.6. The zero-order valence-corrected chi connectivity index (χ0v) is 12.5. The van der Waals surface area contributed by atoms with Gasteiger partial charge in [-0.25, -0.2) is 0 Å². The van der Waals surface area contributed by atoms with Gasteiger partial charge < -0.3 is 15.2 Å². The van der Waals surface area contributed by atoms with Crippen molar-refractivity contribution in [1.82, 2.24) is 5.32 Å². The number of benzene rings is 2. The Hall–Kier alpha value is -2.33. The first-order valence-electron chi connectivity index (χ1n) is 7.41. The van der Waals surface area contributed by atoms with E-state index >= 15 is 0 Å². The quantitative estimate of drug-likeness (QED) is 0.909. The number of carbonyl (C=O) groups excluding carboxylic acids is 1. The number of hydrogen-bond donors (Lipinski definition) is 2. The van der Waals surface area contributed by atoms with Crippen molar-refractivity contribution in [1.29, 1.82) is 0 Å². The van der Waals surface area contributed by atoms with Crippen LogP contribution in [0.3, 0.4) is 0 Å². The summed E-state index contributed by atoms with van der Waals surface area (Å²) >= 11 is 0. The van der Waals surface area contributed by atoms with Crippen LogP contribution in [-0.4, -0.2) is 23.7 Å². The molecule has 1 aliphatic heterocycles. The Bertz CT molecular complexity index is 659. The maximum Gasteiger partial charge on any atom is 0.261 e. The molecular weight excluding hydrogens is 278 g/mol. The van der Waals surface area contributed by atoms with Crippen LogP contribution in [0.15, 0.2) is 48.5 Å². The number of amides is 1. The van der Waals surface area contributed by atoms with Gasteiger partial charge in [0.05, 0.1) is 6.10 Å². The fourth-order valence-corrected chi connectivity index (χ4v) is 2.71. The van der Waals surface area contributed by atoms with Gasteiger partial charge in [0.2, 0.25) is 0 Å². The van der Waals surface area contributed by atoms with Crippen molar-refractivity contribution in [3.05, 3.63) is 65.2 Å². The molecule has 4 nitrogen and oxygen atoms in total. The standard InChI is InChI=1S/C18H19NO3/c1-12-6-2-4-8-14(12)15(20)11-19-18(21)17-10-13-7-3-5-9-16(13)22-17/h2-9,15,17,20H,10-11H2,1H3,(H,19,21). The van der Waals surface area contributed by atoms with Crippen molar-refractivity contribution in [2.24, 2.45) is 0 Å². The second-order valence-electron chi connectivity index (χ2n) is 5.54. The second-order valence-corrected chi connectivity index (χ2v) is 5.54. The molecule has 2 aromatic carbocycles. The maximum atomic E-state index is 12.2. The van der Waals surface area contributed by atoms with Gasteiger partial charge in [-0.3, -0.25) is 4.79 Å². The number of para-hydroxylation sites is 1. The third kappa shape index (κ3) is 2.97. The van der Waals surface area contributed by atoms with Gasteiger partial charge in [0.1, 0.15) is 5.75 Å². The zero-order chi connectivity index (χ0) is 15.5. The first-order valence-corrected chi connectivity index (χ1v) is 7.41. The molecule has 3 rings (SSSR count). The molecule has 1 heterocycles. The Kier molecular flexibility index (Phi) is 4.11. The lowest BCUT2D eigenvalue weighted by Crippen LogP contribution is -2.39. The van der Waals surface area contributed by atoms with E-state index in [4.69, 9.17) is 4.74 Å². The van der Waals surface area contributed by atoms with Crippen molar-refractivity contribution in [3.63, 3.8) is 0 Å². The number of carbonyl (C=O) groups is 1. The summed E-state index contributed by atoms with van der Waals surface area (Å²) in [5.41, 5.74) is 2.88. The lowest BCUT2D eigenvalue weighted by molar-refractivity contribution is -0.127. The average Bonchev–Trinajstić information content (AvgIpc) is 2.97. The Morgan fingerprint density at radius 2 is 2.00 bits per heavy atom. The van der Waals surface area contributed by atoms with Gasteiger partial charge in [-0.2, -0.15) is 0 Å². The second kappa shape index (κ2) is 6.20. The van der Waals surface area contributed by atoms with E-state index < -0.39 is 12.2 Å². The van der Waals surface area contributed by atoms with Gasteiger partial charge in [-0.15, -0.1) is 0 Å². The van der Waals surface area contributed by atoms with Crippen LogP contribution in [0.1, 0.15) is 22.8 Å². The predicted octanol–water partition coefficient (Wildman–Crippen LogP) is 2.15. The fourth-order valence-electron chi connectivity index (χ4n) is 2.71. The van der Waals surface area contributed by atoms with Gasteiger partial charge in [-0.05, 0) is 29.7 Å². The van der Waals surface area contributed by atoms with Crippen LogP contribution >= 0.6 is 0 Å². The monoisotopic (exact) mass is 297 g/mol. The van der Waals surface area contributed by atoms with E-state index in [1.165, 1.54) is 0 Å². The molecular formula is C18H19NO3. The highest BCUT2D eigenvalue weighted by molar-refractivity contribution is 5.82. The van der Waals surface area contributed by atoms with Crippen LogP contribution < -0.4 is 10.1 Å². The predicted molar refractivity (Wildman–Crippen MR) is 83.7 cm³/mol. The zero-order valence-electron chi connectivity index (χ0n) is 12.5. The molecule has 4 heteroatoms. The molecule has 0 aliphatic carbocycles. The molecule has 0 radical (unpaired) electrons. The number of nitrogens with one attached hydrogen (secondary N) is 1. The number of fused-ring (bicyclic) bond motifs is 1. The lowest BCUT2D eigenvalue weighted by Gasteiger charge is -2.16. The highest BCUT2D eigenvalue weighted by atomic mass is 16.5. The summed E-state index contributed by atoms with van der Waals surface area (Å²) in [4.78, 5) is 12.2. The highest BCUT2D eigenvalue weighted by Crippen LogP contribution is 2.28. The molecule has 2 atom stereocenters. The SMILES string of the molecule is Cc1ccccc1C(O)CNC(=O)C1Cc2ccccc2O1. The number of aliphatic hydroxyl groups is 1. The first kappa shape index (κ1) is 14.6. The van der Waals surface area contributed by atoms with Crippen molar-refractivity contribution >= 4 is 5.91 Å². The van der Waals surface area contributed by atoms with Crippen LogP contribution in [0.25, 0.3) is 0 Å². The molecule has 22 heavy (non-hydrogen) atoms. The molecule has 0 aromatic heterocycles. The summed E-state index contributed by atoms with van der Waals surface area (Å²) < 4.78 is 5.64. The molecule has 1 amide bonds. The van der Waals surface area contributed by atoms with E-state index in [0.717, 1.165) is 22.4 Å². The smallest absolute Gasteiger partial charge is 0.261 e. The van der Waals surface area contributed by atoms with Crippen molar-refractivity contribution in [2.45, 2.75) is 25.6 Å². The molecule has 2 aromatic rings. The van der Waals surface area contributed by atoms with Gasteiger partial charge in [0.15, 0.2) is 6.10 Å². The molecule has 0 fully saturated rings. The van der Waals surface area contributed by atoms with Gasteiger partial charge in [0.25, 0.3) is 5.91 Å². The van der Waals surface area contributed by atoms with Crippen molar-refractivity contribution < 1.29 is 14.6 Å². The lowest BCUT2D eigenvalue weighted by atomic mass is 10.0. The van der Waals surface area contributed by atoms with Crippen LogP contribution in [0.2, 0.25) is 0 Å². The van der Waals surface area contributed by atoms with E-state index in [9.17, 15) is 9.90 Å². The van der Waals surface area contributed by atoms with Crippen LogP contribution in [0.5, 0.6) is 5.75 Å². The number of hydrogen-bond acceptors (Lipinski definition) is 3. The normalized spacial score (nSPS) is 17.5. The summed E-state index contributed by atoms with van der Waals surface area (Å²) in [6.45, 7) is 2.12. The fraction of sp³-hybridized carbons (Fsp3) is 0.278. The van der Waals surface area contributed by atoms with E-state index in [2.05, 4.69) is 5.32 Å². The molecule has 0 spiro atoms. The van der Waals surface area contributed by atoms with Crippen LogP contribution in [0, 0.1) is 6.92 Å². The Morgan fingerprint density at radius 3 is 2.77 bits per heavy atom. The molecule has 2 unspecified atom stereocenters. The highest BCUT2D eigenvalue weighted by Gasteiger charge is 2.28. The number of ether oxygens (including phenoxy) is 1. The molecule has 114 valence electrons. The van der Waals surface area contributed by atoms with Crippen LogP contribution in [-0.2, 0) is 11.2 Å². The number of aliphatic hydroxyl groups excluding tert-OH is 1. The van der Waals surface area contributed by atoms with E-state index in [1.807, 2.05) is 55.5 Å². The topological polar surface area (TPSA) is 58.6 Å². The third-order valence-corrected chi connectivity index (χ3v) is 3.96. The molecule has 1 aliphatic rings. The molecule has 0 saturated carbocycles. The summed E-state index contributed by atoms with van der Waals surface area (Å²) in [6.07, 6.45) is -0.655.